The third-order valence-corrected chi connectivity index (χ3v) is 4.37. The number of alkyl halides is 1. The zero-order valence-corrected chi connectivity index (χ0v) is 15.3. The zero-order chi connectivity index (χ0) is 13.8. The molecule has 0 aliphatic carbocycles. The molecule has 0 spiro atoms. The van der Waals surface area contributed by atoms with E-state index in [-0.39, 0.29) is 0 Å². The molecule has 0 amide bonds. The van der Waals surface area contributed by atoms with Gasteiger partial charge >= 0.3 is 0 Å². The SMILES string of the molecule is BrCCCCCCOCCCCc1ccc(I)cc1. The van der Waals surface area contributed by atoms with Gasteiger partial charge in [0.2, 0.25) is 0 Å². The summed E-state index contributed by atoms with van der Waals surface area (Å²) in [5.41, 5.74) is 1.44. The van der Waals surface area contributed by atoms with Crippen molar-refractivity contribution in [3.05, 3.63) is 33.4 Å². The lowest BCUT2D eigenvalue weighted by molar-refractivity contribution is 0.126. The quantitative estimate of drug-likeness (QED) is 0.248. The van der Waals surface area contributed by atoms with Crippen molar-refractivity contribution >= 4 is 38.5 Å². The van der Waals surface area contributed by atoms with E-state index in [9.17, 15) is 0 Å². The molecule has 0 heterocycles. The van der Waals surface area contributed by atoms with Gasteiger partial charge in [0.25, 0.3) is 0 Å². The molecule has 0 bridgehead atoms. The van der Waals surface area contributed by atoms with Crippen molar-refractivity contribution in [3.8, 4) is 0 Å². The third kappa shape index (κ3) is 9.85. The maximum absolute atomic E-state index is 5.66. The molecule has 1 nitrogen and oxygen atoms in total. The smallest absolute Gasteiger partial charge is 0.0466 e. The number of halogens is 2. The number of unbranched alkanes of at least 4 members (excludes halogenated alkanes) is 4. The first-order valence-corrected chi connectivity index (χ1v) is 9.41. The van der Waals surface area contributed by atoms with E-state index in [4.69, 9.17) is 4.74 Å². The molecular weight excluding hydrogens is 415 g/mol. The normalized spacial score (nSPS) is 10.8. The molecule has 19 heavy (non-hydrogen) atoms. The lowest BCUT2D eigenvalue weighted by atomic mass is 10.1. The lowest BCUT2D eigenvalue weighted by Gasteiger charge is -2.04. The van der Waals surface area contributed by atoms with Crippen LogP contribution >= 0.6 is 38.5 Å². The number of ether oxygens (including phenoxy) is 1. The molecule has 1 aromatic rings. The standard InChI is InChI=1S/C16H24BrIO/c17-12-4-1-2-5-13-19-14-6-3-7-15-8-10-16(18)11-9-15/h8-11H,1-7,12-14H2. The van der Waals surface area contributed by atoms with Crippen LogP contribution in [0.2, 0.25) is 0 Å². The van der Waals surface area contributed by atoms with E-state index >= 15 is 0 Å². The predicted octanol–water partition coefficient (Wildman–Crippen LogP) is 5.59. The van der Waals surface area contributed by atoms with E-state index in [1.54, 1.807) is 0 Å². The second kappa shape index (κ2) is 12.2. The number of aryl methyl sites for hydroxylation is 1. The van der Waals surface area contributed by atoms with Gasteiger partial charge in [-0.3, -0.25) is 0 Å². The Balaban J connectivity index is 1.87. The molecular formula is C16H24BrIO. The van der Waals surface area contributed by atoms with Gasteiger partial charge < -0.3 is 4.74 Å². The van der Waals surface area contributed by atoms with Gasteiger partial charge in [0.1, 0.15) is 0 Å². The Morgan fingerprint density at radius 3 is 2.16 bits per heavy atom. The Bertz CT molecular complexity index is 313. The van der Waals surface area contributed by atoms with Crippen molar-refractivity contribution in [2.75, 3.05) is 18.5 Å². The highest BCUT2D eigenvalue weighted by Crippen LogP contribution is 2.09. The molecule has 1 rings (SSSR count). The summed E-state index contributed by atoms with van der Waals surface area (Å²) in [4.78, 5) is 0. The summed E-state index contributed by atoms with van der Waals surface area (Å²) in [5, 5.41) is 1.13. The van der Waals surface area contributed by atoms with Crippen LogP contribution < -0.4 is 0 Å². The predicted molar refractivity (Wildman–Crippen MR) is 95.2 cm³/mol. The molecule has 0 aliphatic rings. The summed E-state index contributed by atoms with van der Waals surface area (Å²) in [6, 6.07) is 8.82. The third-order valence-electron chi connectivity index (χ3n) is 3.09. The summed E-state index contributed by atoms with van der Waals surface area (Å²) in [6.07, 6.45) is 8.69. The largest absolute Gasteiger partial charge is 0.381 e. The first-order chi connectivity index (χ1) is 9.33. The van der Waals surface area contributed by atoms with Crippen molar-refractivity contribution in [3.63, 3.8) is 0 Å². The van der Waals surface area contributed by atoms with E-state index in [0.29, 0.717) is 0 Å². The van der Waals surface area contributed by atoms with Gasteiger partial charge in [-0.25, -0.2) is 0 Å². The Morgan fingerprint density at radius 2 is 1.47 bits per heavy atom. The zero-order valence-electron chi connectivity index (χ0n) is 11.5. The highest BCUT2D eigenvalue weighted by molar-refractivity contribution is 14.1. The van der Waals surface area contributed by atoms with Crippen LogP contribution in [0.5, 0.6) is 0 Å². The molecule has 0 saturated heterocycles. The van der Waals surface area contributed by atoms with Crippen molar-refractivity contribution in [1.82, 2.24) is 0 Å². The first-order valence-electron chi connectivity index (χ1n) is 7.21. The molecule has 0 aliphatic heterocycles. The highest BCUT2D eigenvalue weighted by Gasteiger charge is 1.95. The van der Waals surface area contributed by atoms with Crippen molar-refractivity contribution in [2.45, 2.75) is 44.9 Å². The summed E-state index contributed by atoms with van der Waals surface area (Å²) < 4.78 is 6.97. The molecule has 0 aromatic heterocycles. The highest BCUT2D eigenvalue weighted by atomic mass is 127. The summed E-state index contributed by atoms with van der Waals surface area (Å²) >= 11 is 5.80. The monoisotopic (exact) mass is 438 g/mol. The van der Waals surface area contributed by atoms with Crippen LogP contribution in [0.3, 0.4) is 0 Å². The summed E-state index contributed by atoms with van der Waals surface area (Å²) in [7, 11) is 0. The van der Waals surface area contributed by atoms with Crippen molar-refractivity contribution in [1.29, 1.82) is 0 Å². The minimum absolute atomic E-state index is 0.919. The van der Waals surface area contributed by atoms with E-state index in [1.807, 2.05) is 0 Å². The van der Waals surface area contributed by atoms with Crippen LogP contribution in [0.25, 0.3) is 0 Å². The molecule has 1 aromatic carbocycles. The van der Waals surface area contributed by atoms with Crippen molar-refractivity contribution in [2.24, 2.45) is 0 Å². The minimum atomic E-state index is 0.919. The number of hydrogen-bond acceptors (Lipinski definition) is 1. The van der Waals surface area contributed by atoms with Crippen LogP contribution in [0.1, 0.15) is 44.1 Å². The van der Waals surface area contributed by atoms with E-state index in [1.165, 1.54) is 54.1 Å². The molecule has 0 N–H and O–H groups in total. The first kappa shape index (κ1) is 17.4. The van der Waals surface area contributed by atoms with Crippen LogP contribution in [0, 0.1) is 3.57 Å². The van der Waals surface area contributed by atoms with Crippen LogP contribution in [-0.2, 0) is 11.2 Å². The Morgan fingerprint density at radius 1 is 0.842 bits per heavy atom. The van der Waals surface area contributed by atoms with Crippen LogP contribution in [0.15, 0.2) is 24.3 Å². The fraction of sp³-hybridized carbons (Fsp3) is 0.625. The lowest BCUT2D eigenvalue weighted by Crippen LogP contribution is -1.98. The van der Waals surface area contributed by atoms with Gasteiger partial charge in [0, 0.05) is 22.1 Å². The fourth-order valence-corrected chi connectivity index (χ4v) is 2.69. The topological polar surface area (TPSA) is 9.23 Å². The van der Waals surface area contributed by atoms with Gasteiger partial charge in [-0.1, -0.05) is 40.9 Å². The minimum Gasteiger partial charge on any atom is -0.381 e. The summed E-state index contributed by atoms with van der Waals surface area (Å²) in [6.45, 7) is 1.86. The number of benzene rings is 1. The molecule has 0 radical (unpaired) electrons. The van der Waals surface area contributed by atoms with Crippen LogP contribution in [0.4, 0.5) is 0 Å². The summed E-state index contributed by atoms with van der Waals surface area (Å²) in [5.74, 6) is 0. The second-order valence-corrected chi connectivity index (χ2v) is 6.84. The van der Waals surface area contributed by atoms with Gasteiger partial charge in [-0.2, -0.15) is 0 Å². The Labute approximate surface area is 139 Å². The van der Waals surface area contributed by atoms with Crippen molar-refractivity contribution < 1.29 is 4.74 Å². The van der Waals surface area contributed by atoms with E-state index < -0.39 is 0 Å². The average Bonchev–Trinajstić information content (AvgIpc) is 2.43. The molecule has 0 saturated carbocycles. The maximum Gasteiger partial charge on any atom is 0.0466 e. The van der Waals surface area contributed by atoms with E-state index in [0.717, 1.165) is 18.5 Å². The van der Waals surface area contributed by atoms with Gasteiger partial charge in [-0.15, -0.1) is 0 Å². The second-order valence-electron chi connectivity index (χ2n) is 4.80. The average molecular weight is 439 g/mol. The Hall–Kier alpha value is 0.390. The Kier molecular flexibility index (Phi) is 11.2. The van der Waals surface area contributed by atoms with Gasteiger partial charge in [-0.05, 0) is 72.4 Å². The van der Waals surface area contributed by atoms with Gasteiger partial charge in [0.05, 0.1) is 0 Å². The molecule has 0 atom stereocenters. The molecule has 0 fully saturated rings. The van der Waals surface area contributed by atoms with Gasteiger partial charge in [0.15, 0.2) is 0 Å². The number of hydrogen-bond donors (Lipinski definition) is 0. The molecule has 3 heteroatoms. The molecule has 108 valence electrons. The fourth-order valence-electron chi connectivity index (χ4n) is 1.94. The van der Waals surface area contributed by atoms with E-state index in [2.05, 4.69) is 62.8 Å². The number of rotatable bonds is 11. The van der Waals surface area contributed by atoms with Crippen LogP contribution in [-0.4, -0.2) is 18.5 Å². The maximum atomic E-state index is 5.66. The molecule has 0 unspecified atom stereocenters.